The number of hydrogen-bond donors (Lipinski definition) is 1. The van der Waals surface area contributed by atoms with Gasteiger partial charge in [0.05, 0.1) is 0 Å². The average molecular weight is 154 g/mol. The van der Waals surface area contributed by atoms with Crippen LogP contribution in [0.5, 0.6) is 0 Å². The molecule has 0 spiro atoms. The summed E-state index contributed by atoms with van der Waals surface area (Å²) in [6.07, 6.45) is 0. The van der Waals surface area contributed by atoms with Crippen LogP contribution in [0.4, 0.5) is 0 Å². The summed E-state index contributed by atoms with van der Waals surface area (Å²) >= 11 is 0. The molecule has 6 nitrogen and oxygen atoms in total. The van der Waals surface area contributed by atoms with Crippen molar-refractivity contribution in [2.24, 2.45) is 0 Å². The normalized spacial score (nSPS) is 26.8. The zero-order valence-corrected chi connectivity index (χ0v) is 5.51. The van der Waals surface area contributed by atoms with E-state index in [2.05, 4.69) is 8.57 Å². The Morgan fingerprint density at radius 3 is 2.56 bits per heavy atom. The molecule has 0 aromatic carbocycles. The van der Waals surface area contributed by atoms with Gasteiger partial charge in [0.25, 0.3) is 0 Å². The molecule has 1 fully saturated rings. The molecule has 1 N–H and O–H groups in total. The van der Waals surface area contributed by atoms with Gasteiger partial charge in [0.15, 0.2) is 0 Å². The van der Waals surface area contributed by atoms with Gasteiger partial charge < -0.3 is 0 Å². The predicted octanol–water partition coefficient (Wildman–Crippen LogP) is -1.07. The van der Waals surface area contributed by atoms with Crippen LogP contribution in [0.25, 0.3) is 0 Å². The van der Waals surface area contributed by atoms with Crippen molar-refractivity contribution in [2.75, 3.05) is 6.54 Å². The maximum Gasteiger partial charge on any atom is 0.435 e. The summed E-state index contributed by atoms with van der Waals surface area (Å²) in [5.74, 6) is 0. The Balaban J connectivity index is 2.58. The van der Waals surface area contributed by atoms with E-state index in [1.165, 1.54) is 0 Å². The van der Waals surface area contributed by atoms with E-state index in [-0.39, 0.29) is 0 Å². The highest BCUT2D eigenvalue weighted by Gasteiger charge is 2.26. The topological polar surface area (TPSA) is 67.9 Å². The van der Waals surface area contributed by atoms with Crippen LogP contribution in [0.2, 0.25) is 0 Å². The highest BCUT2D eigenvalue weighted by atomic mass is 32.3. The second kappa shape index (κ2) is 2.20. The van der Waals surface area contributed by atoms with Crippen molar-refractivity contribution in [1.29, 1.82) is 0 Å². The van der Waals surface area contributed by atoms with Crippen molar-refractivity contribution in [3.8, 4) is 0 Å². The summed E-state index contributed by atoms with van der Waals surface area (Å²) in [4.78, 5) is 0. The van der Waals surface area contributed by atoms with E-state index < -0.39 is 10.4 Å². The Morgan fingerprint density at radius 2 is 2.33 bits per heavy atom. The Morgan fingerprint density at radius 1 is 1.67 bits per heavy atom. The zero-order chi connectivity index (χ0) is 6.91. The maximum absolute atomic E-state index is 10.3. The van der Waals surface area contributed by atoms with Gasteiger partial charge in [0, 0.05) is 6.54 Å². The van der Waals surface area contributed by atoms with Crippen molar-refractivity contribution in [1.82, 2.24) is 10.8 Å². The summed E-state index contributed by atoms with van der Waals surface area (Å²) < 4.78 is 28.6. The predicted molar refractivity (Wildman–Crippen MR) is 26.6 cm³/mol. The van der Waals surface area contributed by atoms with Crippen LogP contribution in [0, 0.1) is 0 Å². The van der Waals surface area contributed by atoms with Gasteiger partial charge in [0.2, 0.25) is 0 Å². The minimum Gasteiger partial charge on any atom is -0.166 e. The van der Waals surface area contributed by atoms with E-state index >= 15 is 0 Å². The molecule has 1 heterocycles. The molecule has 1 rings (SSSR count). The minimum atomic E-state index is -3.79. The molecule has 54 valence electrons. The lowest BCUT2D eigenvalue weighted by Gasteiger charge is -2.01. The van der Waals surface area contributed by atoms with Crippen LogP contribution in [0.1, 0.15) is 6.92 Å². The van der Waals surface area contributed by atoms with E-state index in [9.17, 15) is 8.42 Å². The van der Waals surface area contributed by atoms with Crippen LogP contribution < -0.4 is 5.59 Å². The Labute approximate surface area is 52.6 Å². The van der Waals surface area contributed by atoms with Gasteiger partial charge in [-0.15, -0.1) is 8.57 Å². The molecule has 0 bridgehead atoms. The van der Waals surface area contributed by atoms with Gasteiger partial charge in [-0.3, -0.25) is 0 Å². The second-order valence-electron chi connectivity index (χ2n) is 1.35. The summed E-state index contributed by atoms with van der Waals surface area (Å²) in [7, 11) is -3.79. The molecule has 0 saturated carbocycles. The summed E-state index contributed by atoms with van der Waals surface area (Å²) in [5.41, 5.74) is 2.02. The molecule has 1 aliphatic heterocycles. The first-order chi connectivity index (χ1) is 4.14. The average Bonchev–Trinajstić information content (AvgIpc) is 2.10. The third-order valence-electron chi connectivity index (χ3n) is 0.710. The van der Waals surface area contributed by atoms with Crippen LogP contribution in [-0.4, -0.2) is 20.1 Å². The van der Waals surface area contributed by atoms with Crippen LogP contribution in [0.3, 0.4) is 0 Å². The molecule has 0 unspecified atom stereocenters. The molecule has 0 aliphatic carbocycles. The molecule has 0 aromatic rings. The van der Waals surface area contributed by atoms with Gasteiger partial charge in [-0.2, -0.15) is 8.42 Å². The highest BCUT2D eigenvalue weighted by molar-refractivity contribution is 7.81. The lowest BCUT2D eigenvalue weighted by Crippen LogP contribution is -2.27. The van der Waals surface area contributed by atoms with Gasteiger partial charge in [0.1, 0.15) is 0 Å². The number of hydrogen-bond acceptors (Lipinski definition) is 6. The van der Waals surface area contributed by atoms with Crippen LogP contribution in [-0.2, 0) is 19.0 Å². The zero-order valence-electron chi connectivity index (χ0n) is 4.70. The van der Waals surface area contributed by atoms with E-state index in [4.69, 9.17) is 0 Å². The van der Waals surface area contributed by atoms with E-state index in [0.29, 0.717) is 6.54 Å². The number of nitrogens with zero attached hydrogens (tertiary/aromatic N) is 1. The second-order valence-corrected chi connectivity index (χ2v) is 2.48. The lowest BCUT2D eigenvalue weighted by atomic mass is 10.8. The van der Waals surface area contributed by atoms with Crippen molar-refractivity contribution in [2.45, 2.75) is 6.92 Å². The smallest absolute Gasteiger partial charge is 0.166 e. The molecular formula is C2H6N2O4S. The Bertz CT molecular complexity index is 187. The largest absolute Gasteiger partial charge is 0.435 e. The van der Waals surface area contributed by atoms with E-state index in [0.717, 1.165) is 5.17 Å². The molecular weight excluding hydrogens is 148 g/mol. The summed E-state index contributed by atoms with van der Waals surface area (Å²) in [6, 6.07) is 0. The van der Waals surface area contributed by atoms with Gasteiger partial charge in [-0.05, 0) is 6.92 Å². The molecule has 0 atom stereocenters. The Hall–Kier alpha value is -0.210. The molecule has 7 heteroatoms. The molecule has 0 radical (unpaired) electrons. The molecule has 1 saturated heterocycles. The fourth-order valence-corrected chi connectivity index (χ4v) is 0.906. The fraction of sp³-hybridized carbons (Fsp3) is 1.00. The minimum absolute atomic E-state index is 0.388. The molecule has 0 amide bonds. The molecule has 9 heavy (non-hydrogen) atoms. The first kappa shape index (κ1) is 6.90. The first-order valence-electron chi connectivity index (χ1n) is 2.30. The standard InChI is InChI=1S/C2H6N2O4S/c1-2-4-3-7-9(5,6)8-4/h3H,2H2,1H3. The molecule has 0 aromatic heterocycles. The monoisotopic (exact) mass is 154 g/mol. The van der Waals surface area contributed by atoms with Crippen LogP contribution in [0.15, 0.2) is 0 Å². The lowest BCUT2D eigenvalue weighted by molar-refractivity contribution is -0.109. The summed E-state index contributed by atoms with van der Waals surface area (Å²) in [6.45, 7) is 2.09. The number of rotatable bonds is 1. The van der Waals surface area contributed by atoms with Crippen molar-refractivity contribution in [3.05, 3.63) is 0 Å². The fourth-order valence-electron chi connectivity index (χ4n) is 0.345. The van der Waals surface area contributed by atoms with Gasteiger partial charge in [-0.1, -0.05) is 10.8 Å². The number of nitrogens with one attached hydrogen (secondary N) is 1. The van der Waals surface area contributed by atoms with E-state index in [1.807, 2.05) is 5.59 Å². The number of hydroxylamine groups is 1. The summed E-state index contributed by atoms with van der Waals surface area (Å²) in [5, 5.41) is 0.954. The third kappa shape index (κ3) is 1.60. The van der Waals surface area contributed by atoms with Gasteiger partial charge >= 0.3 is 10.4 Å². The first-order valence-corrected chi connectivity index (χ1v) is 3.63. The van der Waals surface area contributed by atoms with E-state index in [1.54, 1.807) is 6.92 Å². The maximum atomic E-state index is 10.3. The van der Waals surface area contributed by atoms with Crippen LogP contribution >= 0.6 is 0 Å². The molecule has 1 aliphatic rings. The SMILES string of the molecule is CCN1NOS(=O)(=O)O1. The highest BCUT2D eigenvalue weighted by Crippen LogP contribution is 2.04. The quantitative estimate of drug-likeness (QED) is 0.519. The Kier molecular flexibility index (Phi) is 1.68. The van der Waals surface area contributed by atoms with Crippen molar-refractivity contribution in [3.63, 3.8) is 0 Å². The van der Waals surface area contributed by atoms with Gasteiger partial charge in [-0.25, -0.2) is 0 Å². The van der Waals surface area contributed by atoms with Crippen molar-refractivity contribution < 1.29 is 17.0 Å². The van der Waals surface area contributed by atoms with Crippen molar-refractivity contribution >= 4 is 10.4 Å². The third-order valence-corrected chi connectivity index (χ3v) is 1.35. The number of hydrazine groups is 1.